The SMILES string of the molecule is COc1cc(NC(=O)N2CCOC(c3ccc(Cl)cc3)C2)c(OC)cc1Cl. The number of carbonyl (C=O) groups is 1. The van der Waals surface area contributed by atoms with Crippen molar-refractivity contribution in [1.82, 2.24) is 4.90 Å². The number of hydrogen-bond donors (Lipinski definition) is 1. The topological polar surface area (TPSA) is 60.0 Å². The zero-order valence-electron chi connectivity index (χ0n) is 15.0. The minimum atomic E-state index is -0.250. The lowest BCUT2D eigenvalue weighted by Crippen LogP contribution is -2.44. The molecule has 8 heteroatoms. The molecule has 2 amide bonds. The van der Waals surface area contributed by atoms with E-state index >= 15 is 0 Å². The van der Waals surface area contributed by atoms with Crippen LogP contribution in [0.15, 0.2) is 36.4 Å². The Bertz CT molecular complexity index is 814. The summed E-state index contributed by atoms with van der Waals surface area (Å²) in [5.41, 5.74) is 1.46. The van der Waals surface area contributed by atoms with Gasteiger partial charge in [0.1, 0.15) is 17.6 Å². The Morgan fingerprint density at radius 2 is 1.85 bits per heavy atom. The molecule has 0 bridgehead atoms. The first-order chi connectivity index (χ1) is 13.0. The summed E-state index contributed by atoms with van der Waals surface area (Å²) >= 11 is 12.0. The first-order valence-electron chi connectivity index (χ1n) is 8.36. The van der Waals surface area contributed by atoms with Gasteiger partial charge >= 0.3 is 6.03 Å². The van der Waals surface area contributed by atoms with E-state index in [1.54, 1.807) is 17.0 Å². The van der Waals surface area contributed by atoms with Crippen molar-refractivity contribution in [3.63, 3.8) is 0 Å². The summed E-state index contributed by atoms with van der Waals surface area (Å²) in [6.07, 6.45) is -0.205. The fourth-order valence-corrected chi connectivity index (χ4v) is 3.22. The van der Waals surface area contributed by atoms with Gasteiger partial charge in [-0.1, -0.05) is 35.3 Å². The molecule has 1 heterocycles. The average Bonchev–Trinajstić information content (AvgIpc) is 2.69. The molecule has 0 aromatic heterocycles. The van der Waals surface area contributed by atoms with E-state index in [0.717, 1.165) is 5.56 Å². The molecule has 0 radical (unpaired) electrons. The lowest BCUT2D eigenvalue weighted by atomic mass is 10.1. The molecular formula is C19H20Cl2N2O4. The molecule has 0 saturated carbocycles. The van der Waals surface area contributed by atoms with Crippen LogP contribution < -0.4 is 14.8 Å². The minimum Gasteiger partial charge on any atom is -0.495 e. The number of morpholine rings is 1. The number of carbonyl (C=O) groups excluding carboxylic acids is 1. The third-order valence-electron chi connectivity index (χ3n) is 4.31. The smallest absolute Gasteiger partial charge is 0.322 e. The van der Waals surface area contributed by atoms with Crippen molar-refractivity contribution in [2.75, 3.05) is 39.2 Å². The molecule has 2 aromatic carbocycles. The second kappa shape index (κ2) is 8.69. The average molecular weight is 411 g/mol. The molecule has 1 aliphatic rings. The minimum absolute atomic E-state index is 0.205. The van der Waals surface area contributed by atoms with E-state index < -0.39 is 0 Å². The van der Waals surface area contributed by atoms with Crippen molar-refractivity contribution in [3.8, 4) is 11.5 Å². The molecule has 1 N–H and O–H groups in total. The number of methoxy groups -OCH3 is 2. The molecule has 1 saturated heterocycles. The molecule has 3 rings (SSSR count). The molecular weight excluding hydrogens is 391 g/mol. The summed E-state index contributed by atoms with van der Waals surface area (Å²) in [7, 11) is 3.02. The van der Waals surface area contributed by atoms with Crippen LogP contribution in [0.3, 0.4) is 0 Å². The van der Waals surface area contributed by atoms with E-state index in [0.29, 0.717) is 46.9 Å². The van der Waals surface area contributed by atoms with E-state index in [2.05, 4.69) is 5.32 Å². The van der Waals surface area contributed by atoms with E-state index in [9.17, 15) is 4.79 Å². The van der Waals surface area contributed by atoms with Crippen LogP contribution in [0.5, 0.6) is 11.5 Å². The fraction of sp³-hybridized carbons (Fsp3) is 0.316. The van der Waals surface area contributed by atoms with E-state index in [-0.39, 0.29) is 12.1 Å². The van der Waals surface area contributed by atoms with Crippen molar-refractivity contribution in [2.45, 2.75) is 6.10 Å². The second-order valence-corrected chi connectivity index (χ2v) is 6.82. The highest BCUT2D eigenvalue weighted by molar-refractivity contribution is 6.32. The number of nitrogens with zero attached hydrogens (tertiary/aromatic N) is 1. The van der Waals surface area contributed by atoms with Gasteiger partial charge in [0.15, 0.2) is 0 Å². The molecule has 1 unspecified atom stereocenters. The Hall–Kier alpha value is -2.15. The number of benzene rings is 2. The fourth-order valence-electron chi connectivity index (χ4n) is 2.87. The quantitative estimate of drug-likeness (QED) is 0.798. The summed E-state index contributed by atoms with van der Waals surface area (Å²) in [5.74, 6) is 0.908. The number of nitrogens with one attached hydrogen (secondary N) is 1. The number of anilines is 1. The lowest BCUT2D eigenvalue weighted by molar-refractivity contribution is -0.0135. The summed E-state index contributed by atoms with van der Waals surface area (Å²) in [4.78, 5) is 14.5. The normalized spacial score (nSPS) is 16.7. The Labute approximate surface area is 167 Å². The first-order valence-corrected chi connectivity index (χ1v) is 9.12. The number of ether oxygens (including phenoxy) is 3. The van der Waals surface area contributed by atoms with E-state index in [1.807, 2.05) is 24.3 Å². The van der Waals surface area contributed by atoms with Crippen molar-refractivity contribution in [3.05, 3.63) is 52.0 Å². The van der Waals surface area contributed by atoms with Crippen molar-refractivity contribution >= 4 is 34.9 Å². The molecule has 2 aromatic rings. The van der Waals surface area contributed by atoms with Crippen LogP contribution >= 0.6 is 23.2 Å². The van der Waals surface area contributed by atoms with Crippen LogP contribution in [0.2, 0.25) is 10.0 Å². The highest BCUT2D eigenvalue weighted by atomic mass is 35.5. The van der Waals surface area contributed by atoms with Crippen molar-refractivity contribution in [2.24, 2.45) is 0 Å². The van der Waals surface area contributed by atoms with Gasteiger partial charge in [-0.25, -0.2) is 4.79 Å². The van der Waals surface area contributed by atoms with Crippen molar-refractivity contribution < 1.29 is 19.0 Å². The molecule has 144 valence electrons. The maximum Gasteiger partial charge on any atom is 0.322 e. The van der Waals surface area contributed by atoms with Gasteiger partial charge in [-0.05, 0) is 17.7 Å². The monoisotopic (exact) mass is 410 g/mol. The van der Waals surface area contributed by atoms with Crippen LogP contribution in [0.1, 0.15) is 11.7 Å². The van der Waals surface area contributed by atoms with Gasteiger partial charge in [0.2, 0.25) is 0 Å². The zero-order chi connectivity index (χ0) is 19.4. The second-order valence-electron chi connectivity index (χ2n) is 5.97. The molecule has 1 atom stereocenters. The third-order valence-corrected chi connectivity index (χ3v) is 4.86. The summed E-state index contributed by atoms with van der Waals surface area (Å²) in [5, 5.41) is 3.93. The van der Waals surface area contributed by atoms with E-state index in [1.165, 1.54) is 14.2 Å². The molecule has 1 aliphatic heterocycles. The highest BCUT2D eigenvalue weighted by Crippen LogP contribution is 2.36. The van der Waals surface area contributed by atoms with Gasteiger partial charge in [0.25, 0.3) is 0 Å². The van der Waals surface area contributed by atoms with Crippen LogP contribution in [0.25, 0.3) is 0 Å². The largest absolute Gasteiger partial charge is 0.495 e. The van der Waals surface area contributed by atoms with Crippen LogP contribution in [-0.2, 0) is 4.74 Å². The third kappa shape index (κ3) is 4.58. The Morgan fingerprint density at radius 3 is 2.52 bits per heavy atom. The first kappa shape index (κ1) is 19.6. The van der Waals surface area contributed by atoms with E-state index in [4.69, 9.17) is 37.4 Å². The van der Waals surface area contributed by atoms with Gasteiger partial charge in [-0.15, -0.1) is 0 Å². The van der Waals surface area contributed by atoms with Gasteiger partial charge < -0.3 is 24.4 Å². The standard InChI is InChI=1S/C19H20Cl2N2O4/c1-25-16-10-15(17(26-2)9-14(16)21)22-19(24)23-7-8-27-18(11-23)12-3-5-13(20)6-4-12/h3-6,9-10,18H,7-8,11H2,1-2H3,(H,22,24). The molecule has 27 heavy (non-hydrogen) atoms. The molecule has 6 nitrogen and oxygen atoms in total. The Balaban J connectivity index is 1.73. The Kier molecular flexibility index (Phi) is 6.31. The van der Waals surface area contributed by atoms with Gasteiger partial charge in [0, 0.05) is 23.7 Å². The predicted octanol–water partition coefficient (Wildman–Crippen LogP) is 4.62. The number of amides is 2. The summed E-state index contributed by atoms with van der Waals surface area (Å²) < 4.78 is 16.3. The zero-order valence-corrected chi connectivity index (χ0v) is 16.5. The van der Waals surface area contributed by atoms with Crippen molar-refractivity contribution in [1.29, 1.82) is 0 Å². The summed E-state index contributed by atoms with van der Waals surface area (Å²) in [6, 6.07) is 10.4. The Morgan fingerprint density at radius 1 is 1.15 bits per heavy atom. The number of rotatable bonds is 4. The molecule has 0 spiro atoms. The molecule has 0 aliphatic carbocycles. The van der Waals surface area contributed by atoms with Gasteiger partial charge in [0.05, 0.1) is 38.1 Å². The summed E-state index contributed by atoms with van der Waals surface area (Å²) in [6.45, 7) is 1.37. The number of hydrogen-bond acceptors (Lipinski definition) is 4. The van der Waals surface area contributed by atoms with Crippen LogP contribution in [0.4, 0.5) is 10.5 Å². The molecule has 1 fully saturated rings. The predicted molar refractivity (Wildman–Crippen MR) is 105 cm³/mol. The van der Waals surface area contributed by atoms with Crippen LogP contribution in [-0.4, -0.2) is 44.8 Å². The van der Waals surface area contributed by atoms with Gasteiger partial charge in [-0.2, -0.15) is 0 Å². The van der Waals surface area contributed by atoms with Gasteiger partial charge in [-0.3, -0.25) is 0 Å². The highest BCUT2D eigenvalue weighted by Gasteiger charge is 2.26. The van der Waals surface area contributed by atoms with Crippen LogP contribution in [0, 0.1) is 0 Å². The number of halogens is 2. The maximum absolute atomic E-state index is 12.8. The number of urea groups is 1. The maximum atomic E-state index is 12.8. The lowest BCUT2D eigenvalue weighted by Gasteiger charge is -2.33.